The number of carbonyl (C=O) groups excluding carboxylic acids is 2. The lowest BCUT2D eigenvalue weighted by Gasteiger charge is -2.42. The van der Waals surface area contributed by atoms with E-state index in [1.54, 1.807) is 0 Å². The van der Waals surface area contributed by atoms with E-state index in [9.17, 15) is 9.59 Å². The molecule has 210 valence electrons. The van der Waals surface area contributed by atoms with Crippen LogP contribution in [0.25, 0.3) is 11.1 Å². The maximum atomic E-state index is 13.3. The third-order valence-electron chi connectivity index (χ3n) is 7.90. The summed E-state index contributed by atoms with van der Waals surface area (Å²) in [6.07, 6.45) is 3.01. The van der Waals surface area contributed by atoms with Gasteiger partial charge < -0.3 is 15.5 Å². The van der Waals surface area contributed by atoms with E-state index in [2.05, 4.69) is 51.7 Å². The van der Waals surface area contributed by atoms with Crippen molar-refractivity contribution < 1.29 is 9.59 Å². The summed E-state index contributed by atoms with van der Waals surface area (Å²) in [6, 6.07) is 14.0. The van der Waals surface area contributed by atoms with Gasteiger partial charge >= 0.3 is 0 Å². The molecule has 2 aromatic carbocycles. The summed E-state index contributed by atoms with van der Waals surface area (Å²) in [5.41, 5.74) is 11.1. The van der Waals surface area contributed by atoms with Crippen LogP contribution in [0, 0.1) is 5.92 Å². The summed E-state index contributed by atoms with van der Waals surface area (Å²) in [5.74, 6) is 0.582. The molecule has 0 bridgehead atoms. The highest BCUT2D eigenvalue weighted by molar-refractivity contribution is 5.95. The summed E-state index contributed by atoms with van der Waals surface area (Å²) < 4.78 is 0. The summed E-state index contributed by atoms with van der Waals surface area (Å²) in [7, 11) is 0. The number of rotatable bonds is 7. The van der Waals surface area contributed by atoms with Gasteiger partial charge in [-0.15, -0.1) is 0 Å². The number of benzene rings is 2. The predicted octanol–water partition coefficient (Wildman–Crippen LogP) is 5.11. The smallest absolute Gasteiger partial charge is 0.253 e. The minimum absolute atomic E-state index is 0.0883. The van der Waals surface area contributed by atoms with Crippen LogP contribution in [0.2, 0.25) is 0 Å². The van der Waals surface area contributed by atoms with E-state index in [1.807, 2.05) is 40.1 Å². The molecule has 0 aromatic heterocycles. The molecule has 1 atom stereocenters. The zero-order chi connectivity index (χ0) is 28.2. The van der Waals surface area contributed by atoms with Crippen LogP contribution >= 0.6 is 0 Å². The number of carbonyl (C=O) groups is 2. The van der Waals surface area contributed by atoms with Crippen molar-refractivity contribution in [3.63, 3.8) is 0 Å². The molecule has 7 heteroatoms. The molecule has 4 rings (SSSR count). The van der Waals surface area contributed by atoms with Gasteiger partial charge in [-0.25, -0.2) is 4.99 Å². The van der Waals surface area contributed by atoms with Crippen molar-refractivity contribution in [1.82, 2.24) is 14.7 Å². The molecule has 0 aliphatic carbocycles. The summed E-state index contributed by atoms with van der Waals surface area (Å²) in [6.45, 7) is 15.7. The Balaban J connectivity index is 1.47. The Bertz CT molecular complexity index is 1180. The molecular formula is C32H45N5O2. The average molecular weight is 532 g/mol. The van der Waals surface area contributed by atoms with E-state index in [-0.39, 0.29) is 23.3 Å². The SMILES string of the molecule is CCCN(CCC)C(=O)C1CC(N)=Nc2cc(-c3ccc(C(=O)N4CCN(C(C)(C)C)CC4)cc3)ccc2C1. The lowest BCUT2D eigenvalue weighted by molar-refractivity contribution is -0.135. The van der Waals surface area contributed by atoms with E-state index in [1.165, 1.54) is 0 Å². The van der Waals surface area contributed by atoms with Crippen molar-refractivity contribution in [2.75, 3.05) is 39.3 Å². The molecule has 0 radical (unpaired) electrons. The molecule has 39 heavy (non-hydrogen) atoms. The van der Waals surface area contributed by atoms with Gasteiger partial charge in [0, 0.05) is 62.7 Å². The first-order valence-electron chi connectivity index (χ1n) is 14.5. The van der Waals surface area contributed by atoms with Gasteiger partial charge in [0.1, 0.15) is 5.84 Å². The fourth-order valence-corrected chi connectivity index (χ4v) is 5.68. The first-order chi connectivity index (χ1) is 18.6. The second-order valence-corrected chi connectivity index (χ2v) is 11.9. The van der Waals surface area contributed by atoms with Crippen molar-refractivity contribution in [1.29, 1.82) is 0 Å². The fraction of sp³-hybridized carbons (Fsp3) is 0.531. The van der Waals surface area contributed by atoms with Crippen LogP contribution in [0.3, 0.4) is 0 Å². The van der Waals surface area contributed by atoms with Crippen molar-refractivity contribution in [3.05, 3.63) is 53.6 Å². The fourth-order valence-electron chi connectivity index (χ4n) is 5.68. The maximum Gasteiger partial charge on any atom is 0.253 e. The molecule has 1 saturated heterocycles. The number of nitrogens with two attached hydrogens (primary N) is 1. The lowest BCUT2D eigenvalue weighted by atomic mass is 9.93. The standard InChI is InChI=1S/C32H45N5O2/c1-6-14-35(15-7-2)31(39)27-20-26-13-12-25(21-28(26)34-29(33)22-27)23-8-10-24(11-9-23)30(38)36-16-18-37(19-17-36)32(3,4)5/h8-13,21,27H,6-7,14-20,22H2,1-5H3,(H2,33,34). The van der Waals surface area contributed by atoms with Crippen molar-refractivity contribution in [3.8, 4) is 11.1 Å². The molecule has 0 saturated carbocycles. The van der Waals surface area contributed by atoms with Gasteiger partial charge in [0.25, 0.3) is 5.91 Å². The van der Waals surface area contributed by atoms with Gasteiger partial charge in [0.2, 0.25) is 5.91 Å². The van der Waals surface area contributed by atoms with Crippen LogP contribution < -0.4 is 5.73 Å². The number of aliphatic imine (C=N–C) groups is 1. The van der Waals surface area contributed by atoms with E-state index in [0.29, 0.717) is 24.2 Å². The highest BCUT2D eigenvalue weighted by Crippen LogP contribution is 2.33. The van der Waals surface area contributed by atoms with Gasteiger partial charge in [-0.05, 0) is 74.9 Å². The van der Waals surface area contributed by atoms with E-state index in [0.717, 1.165) is 74.5 Å². The largest absolute Gasteiger partial charge is 0.387 e. The second-order valence-electron chi connectivity index (χ2n) is 11.9. The van der Waals surface area contributed by atoms with Crippen LogP contribution in [0.15, 0.2) is 47.5 Å². The van der Waals surface area contributed by atoms with Crippen molar-refractivity contribution >= 4 is 23.3 Å². The minimum atomic E-state index is -0.186. The third kappa shape index (κ3) is 6.88. The molecule has 1 fully saturated rings. The van der Waals surface area contributed by atoms with Gasteiger partial charge in [0.05, 0.1) is 5.69 Å². The van der Waals surface area contributed by atoms with Crippen LogP contribution in [0.1, 0.15) is 69.8 Å². The number of nitrogens with zero attached hydrogens (tertiary/aromatic N) is 4. The Morgan fingerprint density at radius 2 is 1.54 bits per heavy atom. The van der Waals surface area contributed by atoms with Crippen molar-refractivity contribution in [2.24, 2.45) is 16.6 Å². The molecule has 2 aliphatic heterocycles. The summed E-state index contributed by atoms with van der Waals surface area (Å²) in [4.78, 5) is 37.5. The molecule has 2 heterocycles. The molecule has 7 nitrogen and oxygen atoms in total. The predicted molar refractivity (Wildman–Crippen MR) is 159 cm³/mol. The normalized spacial score (nSPS) is 18.2. The van der Waals surface area contributed by atoms with Gasteiger partial charge in [0.15, 0.2) is 0 Å². The quantitative estimate of drug-likeness (QED) is 0.538. The first-order valence-corrected chi connectivity index (χ1v) is 14.5. The van der Waals surface area contributed by atoms with Gasteiger partial charge in [-0.2, -0.15) is 0 Å². The molecule has 2 aliphatic rings. The Morgan fingerprint density at radius 1 is 0.923 bits per heavy atom. The number of amidine groups is 1. The number of piperazine rings is 1. The van der Waals surface area contributed by atoms with E-state index in [4.69, 9.17) is 10.7 Å². The monoisotopic (exact) mass is 531 g/mol. The maximum absolute atomic E-state index is 13.3. The second kappa shape index (κ2) is 12.3. The number of hydrogen-bond donors (Lipinski definition) is 1. The molecule has 2 amide bonds. The highest BCUT2D eigenvalue weighted by atomic mass is 16.2. The third-order valence-corrected chi connectivity index (χ3v) is 7.90. The minimum Gasteiger partial charge on any atom is -0.387 e. The van der Waals surface area contributed by atoms with Crippen LogP contribution in [0.5, 0.6) is 0 Å². The average Bonchev–Trinajstić information content (AvgIpc) is 3.09. The molecule has 0 spiro atoms. The first kappa shape index (κ1) is 28.8. The zero-order valence-electron chi connectivity index (χ0n) is 24.4. The molecule has 2 aromatic rings. The van der Waals surface area contributed by atoms with E-state index >= 15 is 0 Å². The molecular weight excluding hydrogens is 486 g/mol. The Kier molecular flexibility index (Phi) is 9.11. The van der Waals surface area contributed by atoms with Crippen LogP contribution in [-0.4, -0.2) is 77.2 Å². The van der Waals surface area contributed by atoms with Gasteiger partial charge in [-0.1, -0.05) is 38.1 Å². The van der Waals surface area contributed by atoms with E-state index < -0.39 is 0 Å². The topological polar surface area (TPSA) is 82.2 Å². The van der Waals surface area contributed by atoms with Crippen LogP contribution in [-0.2, 0) is 11.2 Å². The molecule has 1 unspecified atom stereocenters. The lowest BCUT2D eigenvalue weighted by Crippen LogP contribution is -2.54. The number of amides is 2. The molecule has 2 N–H and O–H groups in total. The summed E-state index contributed by atoms with van der Waals surface area (Å²) in [5, 5.41) is 0. The Hall–Kier alpha value is -3.19. The summed E-state index contributed by atoms with van der Waals surface area (Å²) >= 11 is 0. The van der Waals surface area contributed by atoms with Gasteiger partial charge in [-0.3, -0.25) is 14.5 Å². The number of hydrogen-bond acceptors (Lipinski definition) is 5. The van der Waals surface area contributed by atoms with Crippen molar-refractivity contribution in [2.45, 2.75) is 65.8 Å². The Morgan fingerprint density at radius 3 is 2.13 bits per heavy atom. The zero-order valence-corrected chi connectivity index (χ0v) is 24.4. The Labute approximate surface area is 234 Å². The highest BCUT2D eigenvalue weighted by Gasteiger charge is 2.29. The van der Waals surface area contributed by atoms with Crippen LogP contribution in [0.4, 0.5) is 5.69 Å². The number of fused-ring (bicyclic) bond motifs is 1.